The summed E-state index contributed by atoms with van der Waals surface area (Å²) in [5.41, 5.74) is 0. The predicted octanol–water partition coefficient (Wildman–Crippen LogP) is 3.44. The van der Waals surface area contributed by atoms with Crippen LogP contribution in [0.2, 0.25) is 5.02 Å². The van der Waals surface area contributed by atoms with Crippen molar-refractivity contribution in [1.82, 2.24) is 4.98 Å². The molecular formula is C6H3Cl4NO. The minimum atomic E-state index is -1.84. The fourth-order valence-electron chi connectivity index (χ4n) is 0.556. The van der Waals surface area contributed by atoms with Crippen molar-refractivity contribution in [3.8, 4) is 5.88 Å². The summed E-state index contributed by atoms with van der Waals surface area (Å²) in [5, 5.41) is 0.295. The Labute approximate surface area is 89.3 Å². The van der Waals surface area contributed by atoms with E-state index in [0.717, 1.165) is 0 Å². The second-order valence-corrected chi connectivity index (χ2v) is 4.42. The highest BCUT2D eigenvalue weighted by atomic mass is 35.6. The van der Waals surface area contributed by atoms with Gasteiger partial charge in [0, 0.05) is 6.20 Å². The smallest absolute Gasteiger partial charge is 0.339 e. The number of hydrogen-bond acceptors (Lipinski definition) is 2. The van der Waals surface area contributed by atoms with Gasteiger partial charge in [-0.05, 0) is 46.9 Å². The van der Waals surface area contributed by atoms with E-state index in [4.69, 9.17) is 51.1 Å². The van der Waals surface area contributed by atoms with Crippen LogP contribution in [0.1, 0.15) is 0 Å². The quantitative estimate of drug-likeness (QED) is 0.709. The van der Waals surface area contributed by atoms with Crippen molar-refractivity contribution in [2.45, 2.75) is 3.98 Å². The van der Waals surface area contributed by atoms with E-state index in [0.29, 0.717) is 5.02 Å². The topological polar surface area (TPSA) is 22.1 Å². The Morgan fingerprint density at radius 3 is 2.50 bits per heavy atom. The average molecular weight is 247 g/mol. The summed E-state index contributed by atoms with van der Waals surface area (Å²) in [6.07, 6.45) is 1.48. The van der Waals surface area contributed by atoms with Crippen LogP contribution in [0, 0.1) is 0 Å². The lowest BCUT2D eigenvalue weighted by Crippen LogP contribution is -2.13. The van der Waals surface area contributed by atoms with Crippen LogP contribution in [0.3, 0.4) is 0 Å². The molecule has 12 heavy (non-hydrogen) atoms. The Balaban J connectivity index is 2.83. The summed E-state index contributed by atoms with van der Waals surface area (Å²) in [5.74, 6) is 0.0965. The molecule has 0 radical (unpaired) electrons. The third kappa shape index (κ3) is 3.23. The fourth-order valence-corrected chi connectivity index (χ4v) is 0.935. The molecule has 0 fully saturated rings. The van der Waals surface area contributed by atoms with Gasteiger partial charge < -0.3 is 4.74 Å². The zero-order chi connectivity index (χ0) is 9.19. The van der Waals surface area contributed by atoms with Gasteiger partial charge in [0.1, 0.15) is 5.02 Å². The summed E-state index contributed by atoms with van der Waals surface area (Å²) in [7, 11) is 0. The Hall–Kier alpha value is 0.110. The molecule has 6 heteroatoms. The fraction of sp³-hybridized carbons (Fsp3) is 0.167. The summed E-state index contributed by atoms with van der Waals surface area (Å²) in [6, 6.07) is 3.23. The highest BCUT2D eigenvalue weighted by molar-refractivity contribution is 6.66. The number of pyridine rings is 1. The monoisotopic (exact) mass is 245 g/mol. The second-order valence-electron chi connectivity index (χ2n) is 1.84. The first-order valence-electron chi connectivity index (χ1n) is 2.85. The molecule has 0 saturated carbocycles. The average Bonchev–Trinajstić information content (AvgIpc) is 1.91. The zero-order valence-corrected chi connectivity index (χ0v) is 8.62. The maximum absolute atomic E-state index is 5.67. The lowest BCUT2D eigenvalue weighted by atomic mass is 10.5. The predicted molar refractivity (Wildman–Crippen MR) is 50.2 cm³/mol. The van der Waals surface area contributed by atoms with Gasteiger partial charge in [0.05, 0.1) is 0 Å². The van der Waals surface area contributed by atoms with Crippen LogP contribution in [0.4, 0.5) is 0 Å². The highest BCUT2D eigenvalue weighted by Crippen LogP contribution is 2.32. The van der Waals surface area contributed by atoms with Gasteiger partial charge >= 0.3 is 3.98 Å². The van der Waals surface area contributed by atoms with Crippen LogP contribution in [0.15, 0.2) is 18.3 Å². The molecule has 0 aromatic carbocycles. The van der Waals surface area contributed by atoms with Crippen LogP contribution >= 0.6 is 46.4 Å². The number of hydrogen-bond donors (Lipinski definition) is 0. The van der Waals surface area contributed by atoms with E-state index < -0.39 is 3.98 Å². The van der Waals surface area contributed by atoms with E-state index in [2.05, 4.69) is 4.98 Å². The van der Waals surface area contributed by atoms with Crippen molar-refractivity contribution in [1.29, 1.82) is 0 Å². The van der Waals surface area contributed by atoms with Gasteiger partial charge in [-0.25, -0.2) is 4.98 Å². The van der Waals surface area contributed by atoms with E-state index in [9.17, 15) is 0 Å². The Kier molecular flexibility index (Phi) is 3.29. The van der Waals surface area contributed by atoms with Crippen molar-refractivity contribution in [3.05, 3.63) is 23.4 Å². The van der Waals surface area contributed by atoms with Gasteiger partial charge in [-0.1, -0.05) is 11.6 Å². The zero-order valence-electron chi connectivity index (χ0n) is 5.60. The highest BCUT2D eigenvalue weighted by Gasteiger charge is 2.23. The number of nitrogens with zero attached hydrogens (tertiary/aromatic N) is 1. The van der Waals surface area contributed by atoms with Crippen molar-refractivity contribution < 1.29 is 4.74 Å². The summed E-state index contributed by atoms with van der Waals surface area (Å²) in [6.45, 7) is 0. The lowest BCUT2D eigenvalue weighted by Gasteiger charge is -2.12. The molecule has 66 valence electrons. The maximum atomic E-state index is 5.67. The molecular weight excluding hydrogens is 244 g/mol. The first kappa shape index (κ1) is 10.2. The van der Waals surface area contributed by atoms with Crippen LogP contribution in [0.5, 0.6) is 5.88 Å². The molecule has 0 bridgehead atoms. The van der Waals surface area contributed by atoms with Crippen LogP contribution in [-0.4, -0.2) is 8.96 Å². The number of alkyl halides is 3. The van der Waals surface area contributed by atoms with Crippen LogP contribution in [-0.2, 0) is 0 Å². The standard InChI is InChI=1S/C6H3Cl4NO/c7-4-2-1-3-11-5(4)12-6(8,9)10/h1-3H. The molecule has 1 aromatic rings. The first-order chi connectivity index (χ1) is 5.49. The van der Waals surface area contributed by atoms with Gasteiger partial charge in [-0.2, -0.15) is 0 Å². The van der Waals surface area contributed by atoms with Gasteiger partial charge in [-0.3, -0.25) is 0 Å². The van der Waals surface area contributed by atoms with Crippen molar-refractivity contribution in [2.75, 3.05) is 0 Å². The molecule has 0 amide bonds. The van der Waals surface area contributed by atoms with E-state index in [1.165, 1.54) is 6.20 Å². The minimum absolute atomic E-state index is 0.0965. The van der Waals surface area contributed by atoms with Crippen molar-refractivity contribution in [2.24, 2.45) is 0 Å². The minimum Gasteiger partial charge on any atom is -0.426 e. The molecule has 0 spiro atoms. The molecule has 2 nitrogen and oxygen atoms in total. The molecule has 0 N–H and O–H groups in total. The molecule has 0 aliphatic carbocycles. The summed E-state index contributed by atoms with van der Waals surface area (Å²) in [4.78, 5) is 3.76. The van der Waals surface area contributed by atoms with E-state index in [1.54, 1.807) is 12.1 Å². The van der Waals surface area contributed by atoms with Crippen LogP contribution < -0.4 is 4.74 Å². The first-order valence-corrected chi connectivity index (χ1v) is 4.36. The van der Waals surface area contributed by atoms with Crippen LogP contribution in [0.25, 0.3) is 0 Å². The van der Waals surface area contributed by atoms with Crippen molar-refractivity contribution in [3.63, 3.8) is 0 Å². The third-order valence-corrected chi connectivity index (χ3v) is 1.46. The molecule has 0 aliphatic rings. The maximum Gasteiger partial charge on any atom is 0.339 e. The molecule has 0 atom stereocenters. The van der Waals surface area contributed by atoms with E-state index >= 15 is 0 Å². The molecule has 0 aliphatic heterocycles. The van der Waals surface area contributed by atoms with Gasteiger partial charge in [0.2, 0.25) is 5.88 Å². The number of halogens is 4. The van der Waals surface area contributed by atoms with Crippen molar-refractivity contribution >= 4 is 46.4 Å². The molecule has 1 aromatic heterocycles. The lowest BCUT2D eigenvalue weighted by molar-refractivity contribution is 0.307. The second kappa shape index (κ2) is 3.88. The Bertz CT molecular complexity index is 272. The van der Waals surface area contributed by atoms with Gasteiger partial charge in [0.15, 0.2) is 0 Å². The molecule has 1 heterocycles. The molecule has 0 unspecified atom stereocenters. The number of rotatable bonds is 1. The number of aromatic nitrogens is 1. The summed E-state index contributed by atoms with van der Waals surface area (Å²) < 4.78 is 2.95. The largest absolute Gasteiger partial charge is 0.426 e. The normalized spacial score (nSPS) is 11.3. The Morgan fingerprint density at radius 1 is 1.33 bits per heavy atom. The SMILES string of the molecule is Clc1cccnc1OC(Cl)(Cl)Cl. The Morgan fingerprint density at radius 2 is 2.00 bits per heavy atom. The van der Waals surface area contributed by atoms with Gasteiger partial charge in [-0.15, -0.1) is 0 Å². The van der Waals surface area contributed by atoms with E-state index in [-0.39, 0.29) is 5.88 Å². The molecule has 1 rings (SSSR count). The van der Waals surface area contributed by atoms with E-state index in [1.807, 2.05) is 0 Å². The number of ether oxygens (including phenoxy) is 1. The third-order valence-electron chi connectivity index (χ3n) is 0.937. The summed E-state index contributed by atoms with van der Waals surface area (Å²) >= 11 is 21.7. The van der Waals surface area contributed by atoms with Gasteiger partial charge in [0.25, 0.3) is 0 Å². The molecule has 0 saturated heterocycles.